The van der Waals surface area contributed by atoms with E-state index in [1.54, 1.807) is 36.3 Å². The fourth-order valence-electron chi connectivity index (χ4n) is 4.42. The first kappa shape index (κ1) is 20.9. The number of nitrogens with zero attached hydrogens (tertiary/aromatic N) is 2. The number of benzene rings is 3. The van der Waals surface area contributed by atoms with Crippen molar-refractivity contribution in [3.05, 3.63) is 96.1 Å². The maximum absolute atomic E-state index is 13.6. The van der Waals surface area contributed by atoms with Crippen molar-refractivity contribution in [3.8, 4) is 0 Å². The molecule has 0 saturated carbocycles. The van der Waals surface area contributed by atoms with Gasteiger partial charge in [0, 0.05) is 0 Å². The molecule has 0 radical (unpaired) electrons. The number of rotatable bonds is 5. The molecule has 0 aliphatic carbocycles. The summed E-state index contributed by atoms with van der Waals surface area (Å²) >= 11 is 0. The summed E-state index contributed by atoms with van der Waals surface area (Å²) in [6.45, 7) is 2.00. The molecule has 33 heavy (non-hydrogen) atoms. The smallest absolute Gasteiger partial charge is 0.338 e. The zero-order valence-electron chi connectivity index (χ0n) is 18.0. The Kier molecular flexibility index (Phi) is 5.40. The van der Waals surface area contributed by atoms with Gasteiger partial charge in [0.1, 0.15) is 5.92 Å². The number of para-hydroxylation sites is 1. The second-order valence-corrected chi connectivity index (χ2v) is 7.85. The molecule has 5 rings (SSSR count). The maximum Gasteiger partial charge on any atom is 0.338 e. The summed E-state index contributed by atoms with van der Waals surface area (Å²) in [5.74, 6) is -1.91. The number of amides is 2. The minimum absolute atomic E-state index is 0.267. The van der Waals surface area contributed by atoms with Crippen LogP contribution in [0.5, 0.6) is 0 Å². The van der Waals surface area contributed by atoms with Crippen molar-refractivity contribution in [2.24, 2.45) is 5.92 Å². The first-order valence-corrected chi connectivity index (χ1v) is 10.8. The quantitative estimate of drug-likeness (QED) is 0.441. The van der Waals surface area contributed by atoms with Crippen molar-refractivity contribution in [2.45, 2.75) is 19.1 Å². The van der Waals surface area contributed by atoms with Gasteiger partial charge in [0.15, 0.2) is 6.10 Å². The standard InChI is InChI=1S/C26H22N2O5/c1-2-32-26(31)18-13-15-19(16-14-18)27-24(29)21-22(17-9-5-3-6-10-17)28(33-23(21)25(27)30)20-11-7-4-8-12-20/h3-16,21-23H,2H2,1H3/t21-,22+,23-/m1/s1. The molecule has 0 spiro atoms. The van der Waals surface area contributed by atoms with Crippen molar-refractivity contribution in [1.29, 1.82) is 0 Å². The molecular weight excluding hydrogens is 420 g/mol. The van der Waals surface area contributed by atoms with Crippen molar-refractivity contribution >= 4 is 29.2 Å². The Morgan fingerprint density at radius 1 is 0.848 bits per heavy atom. The Morgan fingerprint density at radius 2 is 1.48 bits per heavy atom. The number of carbonyl (C=O) groups excluding carboxylic acids is 3. The van der Waals surface area contributed by atoms with Gasteiger partial charge in [-0.15, -0.1) is 0 Å². The van der Waals surface area contributed by atoms with Gasteiger partial charge in [-0.25, -0.2) is 14.8 Å². The highest BCUT2D eigenvalue weighted by molar-refractivity contribution is 6.24. The number of fused-ring (bicyclic) bond motifs is 1. The minimum atomic E-state index is -0.937. The summed E-state index contributed by atoms with van der Waals surface area (Å²) in [6, 6.07) is 24.8. The van der Waals surface area contributed by atoms with Crippen LogP contribution in [0.4, 0.5) is 11.4 Å². The molecule has 2 aliphatic rings. The fourth-order valence-corrected chi connectivity index (χ4v) is 4.42. The molecule has 2 amide bonds. The SMILES string of the molecule is CCOC(=O)c1ccc(N2C(=O)[C@H]3[C@@H](ON(c4ccccc4)[C@H]3c3ccccc3)C2=O)cc1. The van der Waals surface area contributed by atoms with E-state index < -0.39 is 29.9 Å². The highest BCUT2D eigenvalue weighted by Gasteiger charge is 2.60. The number of ether oxygens (including phenoxy) is 1. The lowest BCUT2D eigenvalue weighted by Gasteiger charge is -2.28. The number of imide groups is 1. The Bertz CT molecular complexity index is 1180. The van der Waals surface area contributed by atoms with E-state index in [1.807, 2.05) is 60.7 Å². The molecule has 3 atom stereocenters. The van der Waals surface area contributed by atoms with Crippen LogP contribution in [0.15, 0.2) is 84.9 Å². The van der Waals surface area contributed by atoms with E-state index in [9.17, 15) is 14.4 Å². The second-order valence-electron chi connectivity index (χ2n) is 7.85. The normalized spacial score (nSPS) is 21.9. The molecule has 0 N–H and O–H groups in total. The molecule has 3 aromatic carbocycles. The summed E-state index contributed by atoms with van der Waals surface area (Å²) in [5, 5.41) is 1.67. The summed E-state index contributed by atoms with van der Waals surface area (Å²) < 4.78 is 5.00. The van der Waals surface area contributed by atoms with Crippen molar-refractivity contribution in [2.75, 3.05) is 16.6 Å². The average molecular weight is 442 g/mol. The molecule has 7 heteroatoms. The van der Waals surface area contributed by atoms with Gasteiger partial charge < -0.3 is 4.74 Å². The van der Waals surface area contributed by atoms with Crippen LogP contribution in [-0.4, -0.2) is 30.5 Å². The van der Waals surface area contributed by atoms with Crippen LogP contribution in [0, 0.1) is 5.92 Å². The number of hydroxylamine groups is 1. The van der Waals surface area contributed by atoms with Gasteiger partial charge in [-0.05, 0) is 48.9 Å². The molecule has 166 valence electrons. The lowest BCUT2D eigenvalue weighted by atomic mass is 9.90. The number of anilines is 2. The van der Waals surface area contributed by atoms with E-state index in [0.29, 0.717) is 11.3 Å². The average Bonchev–Trinajstić information content (AvgIpc) is 3.36. The molecule has 0 unspecified atom stereocenters. The summed E-state index contributed by atoms with van der Waals surface area (Å²) in [4.78, 5) is 46.1. The van der Waals surface area contributed by atoms with Gasteiger partial charge in [-0.2, -0.15) is 0 Å². The molecule has 3 aromatic rings. The molecule has 2 saturated heterocycles. The molecule has 2 aliphatic heterocycles. The van der Waals surface area contributed by atoms with Crippen molar-refractivity contribution in [1.82, 2.24) is 0 Å². The number of hydrogen-bond donors (Lipinski definition) is 0. The Morgan fingerprint density at radius 3 is 2.12 bits per heavy atom. The van der Waals surface area contributed by atoms with Crippen molar-refractivity contribution < 1.29 is 24.0 Å². The van der Waals surface area contributed by atoms with Gasteiger partial charge in [0.05, 0.1) is 29.6 Å². The second kappa shape index (κ2) is 8.52. The zero-order chi connectivity index (χ0) is 22.9. The van der Waals surface area contributed by atoms with Gasteiger partial charge >= 0.3 is 5.97 Å². The number of hydrogen-bond acceptors (Lipinski definition) is 6. The summed E-state index contributed by atoms with van der Waals surface area (Å²) in [7, 11) is 0. The van der Waals surface area contributed by atoms with Crippen LogP contribution in [0.1, 0.15) is 28.9 Å². The van der Waals surface area contributed by atoms with E-state index in [4.69, 9.17) is 9.57 Å². The molecule has 0 bridgehead atoms. The van der Waals surface area contributed by atoms with Gasteiger partial charge in [-0.1, -0.05) is 48.5 Å². The third-order valence-corrected chi connectivity index (χ3v) is 5.90. The Balaban J connectivity index is 1.49. The highest BCUT2D eigenvalue weighted by Crippen LogP contribution is 2.47. The van der Waals surface area contributed by atoms with Crippen LogP contribution < -0.4 is 9.96 Å². The topological polar surface area (TPSA) is 76.2 Å². The van der Waals surface area contributed by atoms with E-state index in [0.717, 1.165) is 16.2 Å². The summed E-state index contributed by atoms with van der Waals surface area (Å²) in [5.41, 5.74) is 2.41. The molecule has 2 heterocycles. The molecule has 7 nitrogen and oxygen atoms in total. The van der Waals surface area contributed by atoms with E-state index in [1.165, 1.54) is 0 Å². The van der Waals surface area contributed by atoms with Gasteiger partial charge in [0.2, 0.25) is 5.91 Å². The van der Waals surface area contributed by atoms with Gasteiger partial charge in [0.25, 0.3) is 5.91 Å². The molecule has 2 fully saturated rings. The third-order valence-electron chi connectivity index (χ3n) is 5.90. The molecule has 0 aromatic heterocycles. The molecular formula is C26H22N2O5. The Labute approximate surface area is 191 Å². The first-order valence-electron chi connectivity index (χ1n) is 10.8. The Hall–Kier alpha value is -3.97. The van der Waals surface area contributed by atoms with Crippen LogP contribution in [0.2, 0.25) is 0 Å². The number of carbonyl (C=O) groups is 3. The van der Waals surface area contributed by atoms with E-state index in [2.05, 4.69) is 0 Å². The first-order chi connectivity index (χ1) is 16.1. The summed E-state index contributed by atoms with van der Waals surface area (Å²) in [6.07, 6.45) is -0.937. The van der Waals surface area contributed by atoms with Crippen LogP contribution >= 0.6 is 0 Å². The zero-order valence-corrected chi connectivity index (χ0v) is 18.0. The predicted octanol–water partition coefficient (Wildman–Crippen LogP) is 3.91. The minimum Gasteiger partial charge on any atom is -0.462 e. The third kappa shape index (κ3) is 3.56. The van der Waals surface area contributed by atoms with E-state index in [-0.39, 0.29) is 12.5 Å². The van der Waals surface area contributed by atoms with Crippen molar-refractivity contribution in [3.63, 3.8) is 0 Å². The number of esters is 1. The lowest BCUT2D eigenvalue weighted by molar-refractivity contribution is -0.126. The maximum atomic E-state index is 13.6. The van der Waals surface area contributed by atoms with Crippen LogP contribution in [0.3, 0.4) is 0 Å². The van der Waals surface area contributed by atoms with E-state index >= 15 is 0 Å². The lowest BCUT2D eigenvalue weighted by Crippen LogP contribution is -2.37. The largest absolute Gasteiger partial charge is 0.462 e. The van der Waals surface area contributed by atoms with Crippen LogP contribution in [-0.2, 0) is 19.2 Å². The van der Waals surface area contributed by atoms with Gasteiger partial charge in [-0.3, -0.25) is 14.4 Å². The monoisotopic (exact) mass is 442 g/mol. The predicted molar refractivity (Wildman–Crippen MR) is 121 cm³/mol. The highest BCUT2D eigenvalue weighted by atomic mass is 16.7. The fraction of sp³-hybridized carbons (Fsp3) is 0.192. The van der Waals surface area contributed by atoms with Crippen LogP contribution in [0.25, 0.3) is 0 Å².